The van der Waals surface area contributed by atoms with Gasteiger partial charge in [0.2, 0.25) is 0 Å². The lowest BCUT2D eigenvalue weighted by molar-refractivity contribution is -0.140. The van der Waals surface area contributed by atoms with Gasteiger partial charge < -0.3 is 14.7 Å². The highest BCUT2D eigenvalue weighted by Gasteiger charge is 2.46. The summed E-state index contributed by atoms with van der Waals surface area (Å²) in [5.74, 6) is -1.68. The fourth-order valence-corrected chi connectivity index (χ4v) is 4.85. The zero-order chi connectivity index (χ0) is 23.5. The molecular formula is C24H23Cl3N2O4. The minimum Gasteiger partial charge on any atom is -0.507 e. The Hall–Kier alpha value is -2.09. The van der Waals surface area contributed by atoms with Crippen molar-refractivity contribution in [3.8, 4) is 0 Å². The van der Waals surface area contributed by atoms with Gasteiger partial charge in [0.15, 0.2) is 0 Å². The Morgan fingerprint density at radius 1 is 0.970 bits per heavy atom. The molecular weight excluding hydrogens is 487 g/mol. The summed E-state index contributed by atoms with van der Waals surface area (Å²) in [7, 11) is 0. The highest BCUT2D eigenvalue weighted by molar-refractivity contribution is 6.47. The molecule has 33 heavy (non-hydrogen) atoms. The van der Waals surface area contributed by atoms with Gasteiger partial charge in [-0.2, -0.15) is 0 Å². The average molecular weight is 510 g/mol. The normalized spacial score (nSPS) is 21.1. The van der Waals surface area contributed by atoms with E-state index in [1.54, 1.807) is 42.5 Å². The van der Waals surface area contributed by atoms with Crippen LogP contribution in [0.5, 0.6) is 0 Å². The molecule has 2 heterocycles. The van der Waals surface area contributed by atoms with Crippen LogP contribution in [0.1, 0.15) is 23.6 Å². The minimum absolute atomic E-state index is 0.00193. The molecule has 174 valence electrons. The molecule has 0 spiro atoms. The summed E-state index contributed by atoms with van der Waals surface area (Å²) in [6.45, 7) is 4.15. The third-order valence-electron chi connectivity index (χ3n) is 5.89. The Kier molecular flexibility index (Phi) is 7.62. The Labute approximate surface area is 207 Å². The zero-order valence-electron chi connectivity index (χ0n) is 17.8. The standard InChI is InChI=1S/C24H23Cl3N2O4/c25-16-4-2-15(3-5-16)22(30)20-21(18-7-6-17(26)14-19(18)27)29(24(32)23(20)31)9-1-8-28-10-12-33-13-11-28/h2-7,14,21,30H,1,8-13H2/b22-20-. The molecule has 2 fully saturated rings. The van der Waals surface area contributed by atoms with E-state index in [2.05, 4.69) is 4.90 Å². The molecule has 6 nitrogen and oxygen atoms in total. The number of carbonyl (C=O) groups excluding carboxylic acids is 2. The average Bonchev–Trinajstić information content (AvgIpc) is 3.05. The number of ketones is 1. The molecule has 2 saturated heterocycles. The second kappa shape index (κ2) is 10.5. The van der Waals surface area contributed by atoms with E-state index in [1.807, 2.05) is 0 Å². The number of nitrogens with zero attached hydrogens (tertiary/aromatic N) is 2. The van der Waals surface area contributed by atoms with Gasteiger partial charge in [-0.25, -0.2) is 0 Å². The minimum atomic E-state index is -0.824. The van der Waals surface area contributed by atoms with Gasteiger partial charge in [0, 0.05) is 46.8 Å². The van der Waals surface area contributed by atoms with Crippen LogP contribution in [0.15, 0.2) is 48.0 Å². The number of carbonyl (C=O) groups is 2. The molecule has 1 amide bonds. The van der Waals surface area contributed by atoms with Crippen molar-refractivity contribution in [1.29, 1.82) is 0 Å². The Balaban J connectivity index is 1.70. The van der Waals surface area contributed by atoms with E-state index in [4.69, 9.17) is 39.5 Å². The van der Waals surface area contributed by atoms with Crippen molar-refractivity contribution in [3.05, 3.63) is 74.2 Å². The van der Waals surface area contributed by atoms with Crippen molar-refractivity contribution in [3.63, 3.8) is 0 Å². The van der Waals surface area contributed by atoms with E-state index in [1.165, 1.54) is 4.90 Å². The first-order valence-corrected chi connectivity index (χ1v) is 11.8. The van der Waals surface area contributed by atoms with E-state index < -0.39 is 17.7 Å². The zero-order valence-corrected chi connectivity index (χ0v) is 20.0. The molecule has 4 rings (SSSR count). The lowest BCUT2D eigenvalue weighted by atomic mass is 9.95. The van der Waals surface area contributed by atoms with Crippen LogP contribution in [0.4, 0.5) is 0 Å². The fraction of sp³-hybridized carbons (Fsp3) is 0.333. The summed E-state index contributed by atoms with van der Waals surface area (Å²) >= 11 is 18.5. The van der Waals surface area contributed by atoms with Gasteiger partial charge in [-0.05, 0) is 48.4 Å². The van der Waals surface area contributed by atoms with Crippen LogP contribution in [-0.4, -0.2) is 66.0 Å². The van der Waals surface area contributed by atoms with Crippen molar-refractivity contribution < 1.29 is 19.4 Å². The SMILES string of the molecule is O=C1C(=O)N(CCCN2CCOCC2)C(c2ccc(Cl)cc2Cl)/C1=C(/O)c1ccc(Cl)cc1. The third-order valence-corrected chi connectivity index (χ3v) is 6.71. The summed E-state index contributed by atoms with van der Waals surface area (Å²) in [5, 5.41) is 12.3. The van der Waals surface area contributed by atoms with Crippen LogP contribution in [0.25, 0.3) is 5.76 Å². The van der Waals surface area contributed by atoms with Crippen molar-refractivity contribution in [2.75, 3.05) is 39.4 Å². The number of benzene rings is 2. The Morgan fingerprint density at radius 2 is 1.64 bits per heavy atom. The van der Waals surface area contributed by atoms with Gasteiger partial charge >= 0.3 is 0 Å². The van der Waals surface area contributed by atoms with Crippen LogP contribution >= 0.6 is 34.8 Å². The third kappa shape index (κ3) is 5.20. The molecule has 0 aromatic heterocycles. The number of Topliss-reactive ketones (excluding diaryl/α,β-unsaturated/α-hetero) is 1. The van der Waals surface area contributed by atoms with Crippen LogP contribution in [-0.2, 0) is 14.3 Å². The summed E-state index contributed by atoms with van der Waals surface area (Å²) < 4.78 is 5.38. The van der Waals surface area contributed by atoms with E-state index in [9.17, 15) is 14.7 Å². The van der Waals surface area contributed by atoms with Crippen molar-refractivity contribution in [2.24, 2.45) is 0 Å². The monoisotopic (exact) mass is 508 g/mol. The van der Waals surface area contributed by atoms with E-state index >= 15 is 0 Å². The predicted molar refractivity (Wildman–Crippen MR) is 129 cm³/mol. The maximum atomic E-state index is 13.1. The number of rotatable bonds is 6. The number of aliphatic hydroxyl groups excluding tert-OH is 1. The molecule has 1 unspecified atom stereocenters. The highest BCUT2D eigenvalue weighted by Crippen LogP contribution is 2.42. The molecule has 2 aliphatic rings. The van der Waals surface area contributed by atoms with E-state index in [0.29, 0.717) is 52.4 Å². The van der Waals surface area contributed by atoms with Gasteiger partial charge in [0.1, 0.15) is 5.76 Å². The summed E-state index contributed by atoms with van der Waals surface area (Å²) in [6, 6.07) is 10.5. The largest absolute Gasteiger partial charge is 0.507 e. The van der Waals surface area contributed by atoms with Gasteiger partial charge in [0.25, 0.3) is 11.7 Å². The first kappa shape index (κ1) is 24.0. The molecule has 0 radical (unpaired) electrons. The maximum absolute atomic E-state index is 13.1. The Morgan fingerprint density at radius 3 is 2.30 bits per heavy atom. The molecule has 0 aliphatic carbocycles. The number of hydrogen-bond donors (Lipinski definition) is 1. The number of ether oxygens (including phenoxy) is 1. The fourth-order valence-electron chi connectivity index (χ4n) is 4.21. The number of hydrogen-bond acceptors (Lipinski definition) is 5. The molecule has 1 N–H and O–H groups in total. The quantitative estimate of drug-likeness (QED) is 0.344. The van der Waals surface area contributed by atoms with Crippen LogP contribution < -0.4 is 0 Å². The second-order valence-corrected chi connectivity index (χ2v) is 9.25. The van der Waals surface area contributed by atoms with Gasteiger partial charge in [0.05, 0.1) is 24.8 Å². The smallest absolute Gasteiger partial charge is 0.295 e. The molecule has 0 bridgehead atoms. The number of morpholine rings is 1. The number of halogens is 3. The molecule has 1 atom stereocenters. The lowest BCUT2D eigenvalue weighted by Gasteiger charge is -2.29. The predicted octanol–water partition coefficient (Wildman–Crippen LogP) is 4.79. The number of aliphatic hydroxyl groups is 1. The van der Waals surface area contributed by atoms with Gasteiger partial charge in [-0.15, -0.1) is 0 Å². The van der Waals surface area contributed by atoms with Gasteiger partial charge in [-0.3, -0.25) is 14.5 Å². The molecule has 2 aliphatic heterocycles. The van der Waals surface area contributed by atoms with Gasteiger partial charge in [-0.1, -0.05) is 40.9 Å². The summed E-state index contributed by atoms with van der Waals surface area (Å²) in [5.41, 5.74) is 0.917. The lowest BCUT2D eigenvalue weighted by Crippen LogP contribution is -2.39. The Bertz CT molecular complexity index is 1080. The highest BCUT2D eigenvalue weighted by atomic mass is 35.5. The molecule has 2 aromatic rings. The van der Waals surface area contributed by atoms with Crippen molar-refractivity contribution >= 4 is 52.3 Å². The van der Waals surface area contributed by atoms with Crippen molar-refractivity contribution in [2.45, 2.75) is 12.5 Å². The van der Waals surface area contributed by atoms with Crippen LogP contribution in [0.3, 0.4) is 0 Å². The topological polar surface area (TPSA) is 70.1 Å². The second-order valence-electron chi connectivity index (χ2n) is 7.97. The molecule has 9 heteroatoms. The van der Waals surface area contributed by atoms with Crippen molar-refractivity contribution in [1.82, 2.24) is 9.80 Å². The molecule has 0 saturated carbocycles. The molecule has 2 aromatic carbocycles. The number of amides is 1. The maximum Gasteiger partial charge on any atom is 0.295 e. The number of likely N-dealkylation sites (tertiary alicyclic amines) is 1. The van der Waals surface area contributed by atoms with E-state index in [-0.39, 0.29) is 11.3 Å². The summed E-state index contributed by atoms with van der Waals surface area (Å²) in [4.78, 5) is 29.9. The van der Waals surface area contributed by atoms with E-state index in [0.717, 1.165) is 19.6 Å². The summed E-state index contributed by atoms with van der Waals surface area (Å²) in [6.07, 6.45) is 0.662. The first-order chi connectivity index (χ1) is 15.9. The van der Waals surface area contributed by atoms with Crippen LogP contribution in [0, 0.1) is 0 Å². The first-order valence-electron chi connectivity index (χ1n) is 10.7. The van der Waals surface area contributed by atoms with Crippen LogP contribution in [0.2, 0.25) is 15.1 Å².